The molecule has 0 aliphatic carbocycles. The van der Waals surface area contributed by atoms with Gasteiger partial charge in [-0.25, -0.2) is 0 Å². The monoisotopic (exact) mass is 144 g/mol. The van der Waals surface area contributed by atoms with Crippen molar-refractivity contribution < 1.29 is 9.84 Å². The minimum Gasteiger partial charge on any atom is -0.390 e. The third kappa shape index (κ3) is 1.32. The lowest BCUT2D eigenvalue weighted by Crippen LogP contribution is -2.25. The highest BCUT2D eigenvalue weighted by Crippen LogP contribution is 2.39. The molecule has 0 amide bonds. The molecule has 2 nitrogen and oxygen atoms in total. The molecule has 10 heavy (non-hydrogen) atoms. The summed E-state index contributed by atoms with van der Waals surface area (Å²) in [6.07, 6.45) is -0.234. The van der Waals surface area contributed by atoms with Crippen molar-refractivity contribution in [2.75, 3.05) is 0 Å². The van der Waals surface area contributed by atoms with E-state index in [9.17, 15) is 5.11 Å². The van der Waals surface area contributed by atoms with Gasteiger partial charge in [0.2, 0.25) is 0 Å². The highest BCUT2D eigenvalue weighted by molar-refractivity contribution is 4.99. The van der Waals surface area contributed by atoms with Crippen molar-refractivity contribution in [1.29, 1.82) is 0 Å². The minimum absolute atomic E-state index is 0.0625. The zero-order chi connectivity index (χ0) is 7.94. The molecule has 0 aromatic carbocycles. The molecule has 1 fully saturated rings. The third-order valence-electron chi connectivity index (χ3n) is 2.05. The van der Waals surface area contributed by atoms with Gasteiger partial charge in [-0.1, -0.05) is 13.8 Å². The Kier molecular flexibility index (Phi) is 1.77. The summed E-state index contributed by atoms with van der Waals surface area (Å²) in [6, 6.07) is 0. The van der Waals surface area contributed by atoms with Crippen LogP contribution in [0.5, 0.6) is 0 Å². The molecule has 1 aliphatic rings. The van der Waals surface area contributed by atoms with Crippen LogP contribution in [0.4, 0.5) is 0 Å². The summed E-state index contributed by atoms with van der Waals surface area (Å²) in [6.45, 7) is 8.01. The SMILES string of the molecule is CC(C)C(O)C1OC1(C)C. The van der Waals surface area contributed by atoms with E-state index in [1.807, 2.05) is 27.7 Å². The summed E-state index contributed by atoms with van der Waals surface area (Å²) in [4.78, 5) is 0. The molecule has 1 N–H and O–H groups in total. The fourth-order valence-electron chi connectivity index (χ4n) is 1.12. The highest BCUT2D eigenvalue weighted by atomic mass is 16.6. The van der Waals surface area contributed by atoms with Crippen LogP contribution in [0.25, 0.3) is 0 Å². The highest BCUT2D eigenvalue weighted by Gasteiger charge is 2.52. The Labute approximate surface area is 62.2 Å². The van der Waals surface area contributed by atoms with Crippen LogP contribution in [-0.4, -0.2) is 22.9 Å². The predicted molar refractivity (Wildman–Crippen MR) is 39.8 cm³/mol. The third-order valence-corrected chi connectivity index (χ3v) is 2.05. The van der Waals surface area contributed by atoms with Crippen LogP contribution in [0.3, 0.4) is 0 Å². The Bertz CT molecular complexity index is 129. The first-order valence-electron chi connectivity index (χ1n) is 3.81. The molecule has 60 valence electrons. The van der Waals surface area contributed by atoms with Crippen LogP contribution in [0, 0.1) is 5.92 Å². The molecule has 0 aromatic heterocycles. The number of aliphatic hydroxyl groups is 1. The van der Waals surface area contributed by atoms with Crippen molar-refractivity contribution in [2.45, 2.75) is 45.5 Å². The Hall–Kier alpha value is -0.0800. The maximum Gasteiger partial charge on any atom is 0.113 e. The second-order valence-electron chi connectivity index (χ2n) is 3.88. The number of hydrogen-bond acceptors (Lipinski definition) is 2. The lowest BCUT2D eigenvalue weighted by Gasteiger charge is -2.11. The fourth-order valence-corrected chi connectivity index (χ4v) is 1.12. The lowest BCUT2D eigenvalue weighted by molar-refractivity contribution is 0.0922. The van der Waals surface area contributed by atoms with Crippen molar-refractivity contribution in [3.8, 4) is 0 Å². The van der Waals surface area contributed by atoms with Crippen LogP contribution in [0.15, 0.2) is 0 Å². The molecular formula is C8H16O2. The maximum atomic E-state index is 9.48. The smallest absolute Gasteiger partial charge is 0.113 e. The number of hydrogen-bond donors (Lipinski definition) is 1. The zero-order valence-corrected chi connectivity index (χ0v) is 7.09. The first kappa shape index (κ1) is 8.02. The van der Waals surface area contributed by atoms with Gasteiger partial charge in [-0.2, -0.15) is 0 Å². The average molecular weight is 144 g/mol. The number of aliphatic hydroxyl groups excluding tert-OH is 1. The molecule has 1 rings (SSSR count). The van der Waals surface area contributed by atoms with E-state index >= 15 is 0 Å². The van der Waals surface area contributed by atoms with E-state index in [1.54, 1.807) is 0 Å². The molecule has 0 aromatic rings. The van der Waals surface area contributed by atoms with Crippen LogP contribution in [0.1, 0.15) is 27.7 Å². The Balaban J connectivity index is 2.40. The topological polar surface area (TPSA) is 32.8 Å². The number of epoxide rings is 1. The van der Waals surface area contributed by atoms with E-state index in [-0.39, 0.29) is 17.8 Å². The van der Waals surface area contributed by atoms with E-state index in [2.05, 4.69) is 0 Å². The van der Waals surface area contributed by atoms with Crippen molar-refractivity contribution in [3.05, 3.63) is 0 Å². The molecule has 2 heteroatoms. The van der Waals surface area contributed by atoms with E-state index in [4.69, 9.17) is 4.74 Å². The van der Waals surface area contributed by atoms with Gasteiger partial charge in [0.05, 0.1) is 11.7 Å². The molecule has 0 radical (unpaired) electrons. The summed E-state index contributed by atoms with van der Waals surface area (Å²) < 4.78 is 5.28. The van der Waals surface area contributed by atoms with Crippen molar-refractivity contribution in [1.82, 2.24) is 0 Å². The molecule has 1 saturated heterocycles. The molecule has 0 saturated carbocycles. The van der Waals surface area contributed by atoms with Gasteiger partial charge >= 0.3 is 0 Å². The van der Waals surface area contributed by atoms with Gasteiger partial charge in [0.1, 0.15) is 6.10 Å². The van der Waals surface area contributed by atoms with Crippen molar-refractivity contribution in [2.24, 2.45) is 5.92 Å². The van der Waals surface area contributed by atoms with Gasteiger partial charge in [-0.05, 0) is 19.8 Å². The van der Waals surface area contributed by atoms with Gasteiger partial charge in [0.25, 0.3) is 0 Å². The predicted octanol–water partition coefficient (Wildman–Crippen LogP) is 1.18. The molecule has 2 atom stereocenters. The van der Waals surface area contributed by atoms with Crippen LogP contribution in [0.2, 0.25) is 0 Å². The van der Waals surface area contributed by atoms with Gasteiger partial charge in [0.15, 0.2) is 0 Å². The molecule has 0 spiro atoms. The molecular weight excluding hydrogens is 128 g/mol. The largest absolute Gasteiger partial charge is 0.390 e. The maximum absolute atomic E-state index is 9.48. The van der Waals surface area contributed by atoms with Crippen LogP contribution < -0.4 is 0 Å². The number of ether oxygens (including phenoxy) is 1. The number of rotatable bonds is 2. The minimum atomic E-state index is -0.296. The molecule has 1 aliphatic heterocycles. The Morgan fingerprint density at radius 3 is 1.90 bits per heavy atom. The summed E-state index contributed by atoms with van der Waals surface area (Å²) in [5.74, 6) is 0.298. The first-order chi connectivity index (χ1) is 4.45. The average Bonchev–Trinajstić information content (AvgIpc) is 2.38. The Morgan fingerprint density at radius 1 is 1.40 bits per heavy atom. The normalized spacial score (nSPS) is 32.4. The summed E-state index contributed by atoms with van der Waals surface area (Å²) in [7, 11) is 0. The lowest BCUT2D eigenvalue weighted by atomic mass is 9.98. The van der Waals surface area contributed by atoms with Gasteiger partial charge in [0, 0.05) is 0 Å². The summed E-state index contributed by atoms with van der Waals surface area (Å²) in [5.41, 5.74) is -0.0797. The van der Waals surface area contributed by atoms with Crippen LogP contribution >= 0.6 is 0 Å². The molecule has 0 bridgehead atoms. The van der Waals surface area contributed by atoms with E-state index in [0.29, 0.717) is 5.92 Å². The van der Waals surface area contributed by atoms with Crippen molar-refractivity contribution >= 4 is 0 Å². The van der Waals surface area contributed by atoms with Crippen LogP contribution in [-0.2, 0) is 4.74 Å². The van der Waals surface area contributed by atoms with Gasteiger partial charge < -0.3 is 9.84 Å². The fraction of sp³-hybridized carbons (Fsp3) is 1.00. The Morgan fingerprint density at radius 2 is 1.80 bits per heavy atom. The van der Waals surface area contributed by atoms with Gasteiger partial charge in [-0.3, -0.25) is 0 Å². The standard InChI is InChI=1S/C8H16O2/c1-5(2)6(9)7-8(3,4)10-7/h5-7,9H,1-4H3. The second kappa shape index (κ2) is 2.21. The zero-order valence-electron chi connectivity index (χ0n) is 7.09. The second-order valence-corrected chi connectivity index (χ2v) is 3.88. The quantitative estimate of drug-likeness (QED) is 0.590. The van der Waals surface area contributed by atoms with E-state index in [0.717, 1.165) is 0 Å². The molecule has 1 heterocycles. The first-order valence-corrected chi connectivity index (χ1v) is 3.81. The van der Waals surface area contributed by atoms with Crippen molar-refractivity contribution in [3.63, 3.8) is 0 Å². The van der Waals surface area contributed by atoms with E-state index < -0.39 is 0 Å². The summed E-state index contributed by atoms with van der Waals surface area (Å²) in [5, 5.41) is 9.48. The summed E-state index contributed by atoms with van der Waals surface area (Å²) >= 11 is 0. The molecule has 2 unspecified atom stereocenters. The van der Waals surface area contributed by atoms with Gasteiger partial charge in [-0.15, -0.1) is 0 Å². The van der Waals surface area contributed by atoms with E-state index in [1.165, 1.54) is 0 Å².